The van der Waals surface area contributed by atoms with Crippen LogP contribution in [0.5, 0.6) is 0 Å². The Morgan fingerprint density at radius 2 is 1.06 bits per heavy atom. The summed E-state index contributed by atoms with van der Waals surface area (Å²) >= 11 is 0. The third kappa shape index (κ3) is 3.28. The van der Waals surface area contributed by atoms with Crippen molar-refractivity contribution in [3.63, 3.8) is 0 Å². The summed E-state index contributed by atoms with van der Waals surface area (Å²) in [6, 6.07) is 29.3. The fourth-order valence-corrected chi connectivity index (χ4v) is 4.00. The van der Waals surface area contributed by atoms with E-state index in [9.17, 15) is 0 Å². The molecule has 0 unspecified atom stereocenters. The van der Waals surface area contributed by atoms with Crippen molar-refractivity contribution in [2.75, 3.05) is 0 Å². The number of aromatic nitrogens is 4. The molecule has 0 amide bonds. The van der Waals surface area contributed by atoms with E-state index in [1.54, 1.807) is 18.6 Å². The lowest BCUT2D eigenvalue weighted by molar-refractivity contribution is 1.21. The van der Waals surface area contributed by atoms with Gasteiger partial charge in [-0.1, -0.05) is 72.8 Å². The second-order valence-corrected chi connectivity index (χ2v) is 7.65. The SMILES string of the molecule is c1cnc2c(c1)ccc1ccc(-c3ccc(-c4ccc(-c5cnccn5)cc4)cc3)nc12. The maximum absolute atomic E-state index is 4.95. The zero-order valence-corrected chi connectivity index (χ0v) is 17.2. The molecular weight excluding hydrogens is 392 g/mol. The summed E-state index contributed by atoms with van der Waals surface area (Å²) in [4.78, 5) is 18.0. The van der Waals surface area contributed by atoms with Crippen molar-refractivity contribution in [3.05, 3.63) is 110 Å². The van der Waals surface area contributed by atoms with Crippen molar-refractivity contribution in [2.24, 2.45) is 0 Å². The van der Waals surface area contributed by atoms with E-state index in [0.29, 0.717) is 0 Å². The predicted octanol–water partition coefficient (Wildman–Crippen LogP) is 6.57. The van der Waals surface area contributed by atoms with Gasteiger partial charge in [0.15, 0.2) is 0 Å². The Hall–Kier alpha value is -4.44. The van der Waals surface area contributed by atoms with Gasteiger partial charge in [-0.2, -0.15) is 0 Å². The monoisotopic (exact) mass is 410 g/mol. The smallest absolute Gasteiger partial charge is 0.0972 e. The molecule has 150 valence electrons. The minimum atomic E-state index is 0.874. The van der Waals surface area contributed by atoms with E-state index >= 15 is 0 Å². The number of fused-ring (bicyclic) bond motifs is 3. The van der Waals surface area contributed by atoms with E-state index in [0.717, 1.165) is 55.4 Å². The van der Waals surface area contributed by atoms with E-state index in [-0.39, 0.29) is 0 Å². The Balaban J connectivity index is 1.33. The van der Waals surface area contributed by atoms with Crippen LogP contribution >= 0.6 is 0 Å². The van der Waals surface area contributed by atoms with Crippen molar-refractivity contribution in [1.82, 2.24) is 19.9 Å². The van der Waals surface area contributed by atoms with Crippen LogP contribution in [0.15, 0.2) is 110 Å². The van der Waals surface area contributed by atoms with Gasteiger partial charge in [-0.05, 0) is 23.3 Å². The van der Waals surface area contributed by atoms with Crippen molar-refractivity contribution in [3.8, 4) is 33.6 Å². The maximum atomic E-state index is 4.95. The van der Waals surface area contributed by atoms with Gasteiger partial charge in [0.25, 0.3) is 0 Å². The first kappa shape index (κ1) is 18.3. The molecule has 0 aliphatic carbocycles. The zero-order valence-electron chi connectivity index (χ0n) is 17.2. The molecule has 0 bridgehead atoms. The van der Waals surface area contributed by atoms with Gasteiger partial charge >= 0.3 is 0 Å². The highest BCUT2D eigenvalue weighted by atomic mass is 14.8. The molecule has 6 aromatic rings. The van der Waals surface area contributed by atoms with Crippen molar-refractivity contribution in [1.29, 1.82) is 0 Å². The van der Waals surface area contributed by atoms with Gasteiger partial charge in [-0.3, -0.25) is 15.0 Å². The largest absolute Gasteiger partial charge is 0.261 e. The van der Waals surface area contributed by atoms with Crippen LogP contribution in [0.1, 0.15) is 0 Å². The highest BCUT2D eigenvalue weighted by molar-refractivity contribution is 6.03. The Labute approximate surface area is 185 Å². The molecule has 0 fully saturated rings. The zero-order chi connectivity index (χ0) is 21.3. The number of nitrogens with zero attached hydrogens (tertiary/aromatic N) is 4. The van der Waals surface area contributed by atoms with Gasteiger partial charge in [0, 0.05) is 40.5 Å². The molecule has 0 saturated carbocycles. The number of pyridine rings is 2. The molecule has 0 spiro atoms. The summed E-state index contributed by atoms with van der Waals surface area (Å²) in [7, 11) is 0. The quantitative estimate of drug-likeness (QED) is 0.310. The van der Waals surface area contributed by atoms with Crippen LogP contribution in [0.4, 0.5) is 0 Å². The summed E-state index contributed by atoms with van der Waals surface area (Å²) in [6.45, 7) is 0. The first-order valence-electron chi connectivity index (χ1n) is 10.5. The third-order valence-electron chi connectivity index (χ3n) is 5.69. The number of hydrogen-bond acceptors (Lipinski definition) is 4. The molecule has 4 nitrogen and oxygen atoms in total. The topological polar surface area (TPSA) is 51.6 Å². The third-order valence-corrected chi connectivity index (χ3v) is 5.69. The molecule has 0 aliphatic rings. The van der Waals surface area contributed by atoms with Crippen LogP contribution in [0.3, 0.4) is 0 Å². The standard InChI is InChI=1S/C28H18N4/c1-2-23-11-12-24-13-14-25(32-28(24)27(23)31-15-1)21-7-3-19(4-8-21)20-5-9-22(10-6-20)26-18-29-16-17-30-26/h1-18H. The molecular formula is C28H18N4. The number of hydrogen-bond donors (Lipinski definition) is 0. The highest BCUT2D eigenvalue weighted by Crippen LogP contribution is 2.28. The first-order valence-corrected chi connectivity index (χ1v) is 10.5. The van der Waals surface area contributed by atoms with Gasteiger partial charge in [0.1, 0.15) is 0 Å². The van der Waals surface area contributed by atoms with E-state index in [1.165, 1.54) is 0 Å². The van der Waals surface area contributed by atoms with Gasteiger partial charge in [-0.15, -0.1) is 0 Å². The van der Waals surface area contributed by atoms with E-state index < -0.39 is 0 Å². The first-order chi connectivity index (χ1) is 15.8. The normalized spacial score (nSPS) is 11.1. The second-order valence-electron chi connectivity index (χ2n) is 7.65. The number of benzene rings is 3. The summed E-state index contributed by atoms with van der Waals surface area (Å²) in [5, 5.41) is 2.20. The minimum Gasteiger partial charge on any atom is -0.261 e. The van der Waals surface area contributed by atoms with E-state index in [2.05, 4.69) is 93.8 Å². The lowest BCUT2D eigenvalue weighted by atomic mass is 10.0. The maximum Gasteiger partial charge on any atom is 0.0972 e. The van der Waals surface area contributed by atoms with Gasteiger partial charge < -0.3 is 0 Å². The Kier molecular flexibility index (Phi) is 4.40. The Morgan fingerprint density at radius 3 is 1.75 bits per heavy atom. The Bertz CT molecular complexity index is 1540. The molecule has 0 atom stereocenters. The van der Waals surface area contributed by atoms with E-state index in [1.807, 2.05) is 12.3 Å². The molecule has 0 N–H and O–H groups in total. The lowest BCUT2D eigenvalue weighted by Crippen LogP contribution is -1.89. The molecule has 3 aromatic carbocycles. The summed E-state index contributed by atoms with van der Waals surface area (Å²) in [6.07, 6.45) is 6.99. The summed E-state index contributed by atoms with van der Waals surface area (Å²) in [5.41, 5.74) is 8.15. The molecule has 0 radical (unpaired) electrons. The molecule has 3 heterocycles. The number of rotatable bonds is 3. The van der Waals surface area contributed by atoms with Crippen LogP contribution in [0, 0.1) is 0 Å². The molecule has 0 aliphatic heterocycles. The van der Waals surface area contributed by atoms with Crippen molar-refractivity contribution < 1.29 is 0 Å². The molecule has 32 heavy (non-hydrogen) atoms. The van der Waals surface area contributed by atoms with Crippen LogP contribution in [-0.4, -0.2) is 19.9 Å². The van der Waals surface area contributed by atoms with Crippen LogP contribution in [-0.2, 0) is 0 Å². The summed E-state index contributed by atoms with van der Waals surface area (Å²) in [5.74, 6) is 0. The van der Waals surface area contributed by atoms with Crippen LogP contribution in [0.2, 0.25) is 0 Å². The average molecular weight is 410 g/mol. The van der Waals surface area contributed by atoms with Gasteiger partial charge in [0.05, 0.1) is 28.6 Å². The van der Waals surface area contributed by atoms with Crippen LogP contribution < -0.4 is 0 Å². The molecule has 6 rings (SSSR count). The fourth-order valence-electron chi connectivity index (χ4n) is 4.00. The second kappa shape index (κ2) is 7.67. The predicted molar refractivity (Wildman–Crippen MR) is 129 cm³/mol. The molecule has 4 heteroatoms. The average Bonchev–Trinajstić information content (AvgIpc) is 2.89. The fraction of sp³-hybridized carbons (Fsp3) is 0. The molecule has 3 aromatic heterocycles. The lowest BCUT2D eigenvalue weighted by Gasteiger charge is -2.08. The Morgan fingerprint density at radius 1 is 0.438 bits per heavy atom. The van der Waals surface area contributed by atoms with Crippen LogP contribution in [0.25, 0.3) is 55.4 Å². The van der Waals surface area contributed by atoms with Gasteiger partial charge in [-0.25, -0.2) is 4.98 Å². The van der Waals surface area contributed by atoms with E-state index in [4.69, 9.17) is 4.98 Å². The summed E-state index contributed by atoms with van der Waals surface area (Å²) < 4.78 is 0. The minimum absolute atomic E-state index is 0.874. The van der Waals surface area contributed by atoms with Crippen molar-refractivity contribution >= 4 is 21.8 Å². The highest BCUT2D eigenvalue weighted by Gasteiger charge is 2.07. The van der Waals surface area contributed by atoms with Crippen molar-refractivity contribution in [2.45, 2.75) is 0 Å². The molecule has 0 saturated heterocycles. The van der Waals surface area contributed by atoms with Gasteiger partial charge in [0.2, 0.25) is 0 Å².